The van der Waals surface area contributed by atoms with Crippen LogP contribution in [0, 0.1) is 17.3 Å². The maximum atomic E-state index is 14.6. The second-order valence-corrected chi connectivity index (χ2v) is 21.6. The third-order valence-electron chi connectivity index (χ3n) is 13.8. The summed E-state index contributed by atoms with van der Waals surface area (Å²) in [5, 5.41) is 17.8. The smallest absolute Gasteiger partial charge is 0.246 e. The first-order chi connectivity index (χ1) is 32.5. The van der Waals surface area contributed by atoms with Gasteiger partial charge in [0.25, 0.3) is 0 Å². The van der Waals surface area contributed by atoms with E-state index in [1.165, 1.54) is 15.4 Å². The minimum atomic E-state index is -0.956. The Hall–Kier alpha value is -4.90. The Kier molecular flexibility index (Phi) is 22.3. The van der Waals surface area contributed by atoms with E-state index in [0.717, 1.165) is 24.8 Å². The molecule has 394 valence electrons. The van der Waals surface area contributed by atoms with E-state index in [1.54, 1.807) is 52.2 Å². The van der Waals surface area contributed by atoms with Gasteiger partial charge in [0, 0.05) is 42.6 Å². The molecule has 5 rings (SSSR count). The summed E-state index contributed by atoms with van der Waals surface area (Å²) in [6, 6.07) is 9.68. The third-order valence-corrected chi connectivity index (χ3v) is 13.8. The molecule has 2 heterocycles. The second-order valence-electron chi connectivity index (χ2n) is 21.6. The van der Waals surface area contributed by atoms with Gasteiger partial charge >= 0.3 is 0 Å². The average Bonchev–Trinajstić information content (AvgIpc) is 3.93. The van der Waals surface area contributed by atoms with Crippen LogP contribution < -0.4 is 31.9 Å². The summed E-state index contributed by atoms with van der Waals surface area (Å²) in [4.78, 5) is 114. The molecule has 71 heavy (non-hydrogen) atoms. The molecule has 0 unspecified atom stereocenters. The SMILES string of the molecule is CCC[C@H](NC(=O)[C@H](C)NC)C(=O)N1C[C@@H](CC(=O)c2cccc(C(=O)C[C@H]3C[C@@H](C(=O)N[C@@H]4CCCc5ccccc54)N(C(=O)[C@@H](NC(=O)[C@H](C)NC)C(C)(C)C)C3)c2)C[C@H]1C(=O)NC(C)(C)C.Cl.Cl. The molecule has 2 saturated heterocycles. The van der Waals surface area contributed by atoms with Gasteiger partial charge in [-0.2, -0.15) is 0 Å². The van der Waals surface area contributed by atoms with Crippen LogP contribution in [0.25, 0.3) is 0 Å². The zero-order valence-corrected chi connectivity index (χ0v) is 45.2. The summed E-state index contributed by atoms with van der Waals surface area (Å²) in [6.07, 6.45) is 4.06. The minimum absolute atomic E-state index is 0. The van der Waals surface area contributed by atoms with Crippen LogP contribution in [0.2, 0.25) is 0 Å². The number of ketones is 2. The number of benzene rings is 2. The van der Waals surface area contributed by atoms with Crippen LogP contribution in [-0.2, 0) is 35.2 Å². The van der Waals surface area contributed by atoms with Gasteiger partial charge in [-0.1, -0.05) is 76.6 Å². The fourth-order valence-corrected chi connectivity index (χ4v) is 9.76. The van der Waals surface area contributed by atoms with Crippen LogP contribution in [0.4, 0.5) is 0 Å². The molecule has 0 radical (unpaired) electrons. The fourth-order valence-electron chi connectivity index (χ4n) is 9.76. The molecule has 16 nitrogen and oxygen atoms in total. The monoisotopic (exact) mass is 1030 g/mol. The normalized spacial score (nSPS) is 21.5. The quantitative estimate of drug-likeness (QED) is 0.101. The Morgan fingerprint density at radius 1 is 0.690 bits per heavy atom. The van der Waals surface area contributed by atoms with Crippen molar-refractivity contribution in [3.8, 4) is 0 Å². The van der Waals surface area contributed by atoms with E-state index in [9.17, 15) is 38.4 Å². The lowest BCUT2D eigenvalue weighted by atomic mass is 9.85. The van der Waals surface area contributed by atoms with Crippen LogP contribution >= 0.6 is 24.8 Å². The molecule has 2 aromatic carbocycles. The number of Topliss-reactive ketones (excluding diaryl/α,β-unsaturated/α-hetero) is 2. The zero-order chi connectivity index (χ0) is 51.0. The van der Waals surface area contributed by atoms with Crippen LogP contribution in [0.3, 0.4) is 0 Å². The van der Waals surface area contributed by atoms with Crippen molar-refractivity contribution < 1.29 is 38.4 Å². The Morgan fingerprint density at radius 2 is 1.21 bits per heavy atom. The number of hydrogen-bond acceptors (Lipinski definition) is 10. The predicted octanol–water partition coefficient (Wildman–Crippen LogP) is 5.25. The van der Waals surface area contributed by atoms with Crippen molar-refractivity contribution in [2.75, 3.05) is 27.2 Å². The molecule has 2 aromatic rings. The van der Waals surface area contributed by atoms with Gasteiger partial charge < -0.3 is 41.7 Å². The molecule has 2 fully saturated rings. The maximum absolute atomic E-state index is 14.6. The van der Waals surface area contributed by atoms with Crippen molar-refractivity contribution in [2.45, 2.75) is 168 Å². The zero-order valence-electron chi connectivity index (χ0n) is 43.6. The molecule has 0 saturated carbocycles. The molecule has 2 aliphatic heterocycles. The van der Waals surface area contributed by atoms with Crippen LogP contribution in [0.1, 0.15) is 152 Å². The molecular formula is C53H80Cl2N8O8. The number of amides is 6. The number of fused-ring (bicyclic) bond motifs is 1. The van der Waals surface area contributed by atoms with Crippen molar-refractivity contribution in [1.29, 1.82) is 0 Å². The fraction of sp³-hybridized carbons (Fsp3) is 0.623. The second kappa shape index (κ2) is 26.2. The molecule has 9 atom stereocenters. The van der Waals surface area contributed by atoms with E-state index in [2.05, 4.69) is 38.0 Å². The van der Waals surface area contributed by atoms with Gasteiger partial charge in [0.15, 0.2) is 11.6 Å². The predicted molar refractivity (Wildman–Crippen MR) is 279 cm³/mol. The van der Waals surface area contributed by atoms with E-state index in [-0.39, 0.29) is 117 Å². The first-order valence-corrected chi connectivity index (χ1v) is 24.9. The summed E-state index contributed by atoms with van der Waals surface area (Å²) < 4.78 is 0. The van der Waals surface area contributed by atoms with Crippen LogP contribution in [0.5, 0.6) is 0 Å². The summed E-state index contributed by atoms with van der Waals surface area (Å²) in [5.74, 6) is -3.38. The van der Waals surface area contributed by atoms with Gasteiger partial charge in [-0.15, -0.1) is 24.8 Å². The Labute approximate surface area is 433 Å². The maximum Gasteiger partial charge on any atom is 0.246 e. The van der Waals surface area contributed by atoms with Crippen molar-refractivity contribution >= 4 is 71.8 Å². The Bertz CT molecular complexity index is 2230. The van der Waals surface area contributed by atoms with Crippen molar-refractivity contribution in [3.05, 3.63) is 70.8 Å². The highest BCUT2D eigenvalue weighted by atomic mass is 35.5. The number of carbonyl (C=O) groups is 8. The number of likely N-dealkylation sites (N-methyl/N-ethyl adjacent to an activating group) is 2. The number of hydrogen-bond donors (Lipinski definition) is 6. The van der Waals surface area contributed by atoms with E-state index in [4.69, 9.17) is 0 Å². The first-order valence-electron chi connectivity index (χ1n) is 24.9. The molecule has 0 aromatic heterocycles. The highest BCUT2D eigenvalue weighted by Crippen LogP contribution is 2.35. The van der Waals surface area contributed by atoms with Gasteiger partial charge in [-0.3, -0.25) is 38.4 Å². The summed E-state index contributed by atoms with van der Waals surface area (Å²) in [6.45, 7) is 16.7. The number of halogens is 2. The standard InChI is InChI=1S/C53H78N8O8.2ClH/c1-12-17-40(57-46(64)31(2)54-10)50(68)60-29-34(25-42(60)49(67)59-53(7,8)9)27-44(63)37-21-15-20-36(28-37)43(62)26-33-24-41(48(66)56-39-23-16-19-35-18-13-14-22-38(35)39)61(30-33)51(69)45(52(4,5)6)58-47(65)32(3)55-11;;/h13-15,18,20-22,28,31-34,39-42,45,54-55H,12,16-17,19,23-27,29-30H2,1-11H3,(H,56,66)(H,57,64)(H,58,65)(H,59,67);2*1H/t31-,32-,33+,34+,39+,40-,41-,42-,45+;;/m0../s1. The molecule has 6 amide bonds. The number of nitrogens with one attached hydrogen (secondary N) is 6. The largest absolute Gasteiger partial charge is 0.350 e. The van der Waals surface area contributed by atoms with E-state index in [0.29, 0.717) is 24.0 Å². The molecule has 0 bridgehead atoms. The van der Waals surface area contributed by atoms with Gasteiger partial charge in [-0.05, 0) is 122 Å². The summed E-state index contributed by atoms with van der Waals surface area (Å²) in [7, 11) is 3.32. The van der Waals surface area contributed by atoms with Crippen LogP contribution in [0.15, 0.2) is 48.5 Å². The summed E-state index contributed by atoms with van der Waals surface area (Å²) >= 11 is 0. The first kappa shape index (κ1) is 60.4. The molecule has 3 aliphatic rings. The number of likely N-dealkylation sites (tertiary alicyclic amines) is 2. The van der Waals surface area contributed by atoms with E-state index >= 15 is 0 Å². The number of nitrogens with zero attached hydrogens (tertiary/aromatic N) is 2. The van der Waals surface area contributed by atoms with Gasteiger partial charge in [0.2, 0.25) is 35.4 Å². The van der Waals surface area contributed by atoms with Crippen molar-refractivity contribution in [3.63, 3.8) is 0 Å². The van der Waals surface area contributed by atoms with E-state index < -0.39 is 59.0 Å². The van der Waals surface area contributed by atoms with Gasteiger partial charge in [0.05, 0.1) is 18.1 Å². The van der Waals surface area contributed by atoms with E-state index in [1.807, 2.05) is 66.7 Å². The van der Waals surface area contributed by atoms with Crippen LogP contribution in [-0.4, -0.2) is 126 Å². The molecule has 6 N–H and O–H groups in total. The number of aryl methyl sites for hydroxylation is 1. The highest BCUT2D eigenvalue weighted by Gasteiger charge is 2.47. The molecule has 1 aliphatic carbocycles. The Morgan fingerprint density at radius 3 is 1.73 bits per heavy atom. The van der Waals surface area contributed by atoms with Crippen molar-refractivity contribution in [2.24, 2.45) is 17.3 Å². The lowest BCUT2D eigenvalue weighted by Crippen LogP contribution is -2.59. The minimum Gasteiger partial charge on any atom is -0.350 e. The van der Waals surface area contributed by atoms with Gasteiger partial charge in [0.1, 0.15) is 24.2 Å². The number of carbonyl (C=O) groups excluding carboxylic acids is 8. The molecule has 18 heteroatoms. The molecular weight excluding hydrogens is 948 g/mol. The van der Waals surface area contributed by atoms with Crippen molar-refractivity contribution in [1.82, 2.24) is 41.7 Å². The van der Waals surface area contributed by atoms with Gasteiger partial charge in [-0.25, -0.2) is 0 Å². The highest BCUT2D eigenvalue weighted by molar-refractivity contribution is 6.02. The topological polar surface area (TPSA) is 215 Å². The molecule has 0 spiro atoms. The Balaban J connectivity index is 0.00000666. The lowest BCUT2D eigenvalue weighted by molar-refractivity contribution is -0.144. The lowest BCUT2D eigenvalue weighted by Gasteiger charge is -2.36. The number of rotatable bonds is 19. The third kappa shape index (κ3) is 15.8. The summed E-state index contributed by atoms with van der Waals surface area (Å²) in [5.41, 5.74) is 1.57. The average molecular weight is 1030 g/mol.